The quantitative estimate of drug-likeness (QED) is 0.523. The molecule has 0 aliphatic carbocycles. The number of rotatable bonds is 4. The van der Waals surface area contributed by atoms with E-state index in [4.69, 9.17) is 16.7 Å². The van der Waals surface area contributed by atoms with E-state index >= 15 is 0 Å². The molecule has 0 bridgehead atoms. The molecule has 0 radical (unpaired) electrons. The minimum absolute atomic E-state index is 0.0955. The van der Waals surface area contributed by atoms with Gasteiger partial charge in [0, 0.05) is 28.9 Å². The van der Waals surface area contributed by atoms with E-state index in [2.05, 4.69) is 4.99 Å². The van der Waals surface area contributed by atoms with Crippen LogP contribution >= 0.6 is 11.6 Å². The second-order valence-electron chi connectivity index (χ2n) is 4.48. The van der Waals surface area contributed by atoms with Crippen molar-refractivity contribution < 1.29 is 14.8 Å². The Kier molecular flexibility index (Phi) is 4.53. The number of non-ortho nitro benzene ring substituents is 1. The van der Waals surface area contributed by atoms with Crippen LogP contribution in [0.3, 0.4) is 0 Å². The van der Waals surface area contributed by atoms with Gasteiger partial charge in [-0.3, -0.25) is 15.1 Å². The van der Waals surface area contributed by atoms with Gasteiger partial charge in [0.15, 0.2) is 0 Å². The third-order valence-corrected chi connectivity index (χ3v) is 3.41. The summed E-state index contributed by atoms with van der Waals surface area (Å²) in [5.41, 5.74) is 1.41. The number of hydrogen-bond acceptors (Lipinski definition) is 4. The molecule has 0 saturated heterocycles. The van der Waals surface area contributed by atoms with E-state index in [-0.39, 0.29) is 11.3 Å². The maximum atomic E-state index is 11.1. The van der Waals surface area contributed by atoms with E-state index in [0.29, 0.717) is 21.8 Å². The van der Waals surface area contributed by atoms with Gasteiger partial charge >= 0.3 is 5.97 Å². The van der Waals surface area contributed by atoms with Gasteiger partial charge in [0.25, 0.3) is 5.69 Å². The van der Waals surface area contributed by atoms with Crippen molar-refractivity contribution in [1.29, 1.82) is 0 Å². The Morgan fingerprint density at radius 1 is 1.36 bits per heavy atom. The largest absolute Gasteiger partial charge is 0.478 e. The van der Waals surface area contributed by atoms with Crippen molar-refractivity contribution in [2.45, 2.75) is 6.92 Å². The number of aliphatic imine (C=N–C) groups is 1. The monoisotopic (exact) mass is 318 g/mol. The first-order valence-electron chi connectivity index (χ1n) is 6.21. The maximum Gasteiger partial charge on any atom is 0.336 e. The van der Waals surface area contributed by atoms with Crippen LogP contribution in [0.4, 0.5) is 11.4 Å². The van der Waals surface area contributed by atoms with Crippen LogP contribution in [-0.4, -0.2) is 22.2 Å². The highest BCUT2D eigenvalue weighted by molar-refractivity contribution is 6.33. The Hall–Kier alpha value is -2.73. The van der Waals surface area contributed by atoms with Gasteiger partial charge in [0.2, 0.25) is 0 Å². The molecule has 0 unspecified atom stereocenters. The number of nitrogens with zero attached hydrogens (tertiary/aromatic N) is 2. The Labute approximate surface area is 130 Å². The van der Waals surface area contributed by atoms with Gasteiger partial charge in [0.05, 0.1) is 16.2 Å². The number of carboxylic acid groups (broad SMARTS) is 1. The molecule has 22 heavy (non-hydrogen) atoms. The SMILES string of the molecule is Cc1c(N=Cc2cc([N+](=O)[O-])ccc2Cl)cccc1C(=O)O. The highest BCUT2D eigenvalue weighted by Crippen LogP contribution is 2.24. The lowest BCUT2D eigenvalue weighted by Gasteiger charge is -2.04. The molecule has 0 amide bonds. The Bertz CT molecular complexity index is 783. The second kappa shape index (κ2) is 6.36. The number of benzene rings is 2. The molecule has 0 aliphatic heterocycles. The molecule has 2 aromatic carbocycles. The first-order valence-corrected chi connectivity index (χ1v) is 6.59. The summed E-state index contributed by atoms with van der Waals surface area (Å²) in [5.74, 6) is -1.04. The minimum atomic E-state index is -1.04. The van der Waals surface area contributed by atoms with Crippen molar-refractivity contribution in [2.75, 3.05) is 0 Å². The van der Waals surface area contributed by atoms with E-state index in [1.807, 2.05) is 0 Å². The van der Waals surface area contributed by atoms with E-state index in [1.54, 1.807) is 19.1 Å². The van der Waals surface area contributed by atoms with Gasteiger partial charge in [-0.1, -0.05) is 17.7 Å². The third kappa shape index (κ3) is 3.29. The zero-order valence-electron chi connectivity index (χ0n) is 11.5. The Morgan fingerprint density at radius 3 is 2.73 bits per heavy atom. The van der Waals surface area contributed by atoms with Crippen LogP contribution < -0.4 is 0 Å². The van der Waals surface area contributed by atoms with Crippen molar-refractivity contribution in [3.8, 4) is 0 Å². The molecule has 2 rings (SSSR count). The van der Waals surface area contributed by atoms with Crippen LogP contribution in [0.1, 0.15) is 21.5 Å². The highest BCUT2D eigenvalue weighted by Gasteiger charge is 2.10. The van der Waals surface area contributed by atoms with Gasteiger partial charge < -0.3 is 5.11 Å². The normalized spacial score (nSPS) is 10.8. The van der Waals surface area contributed by atoms with Crippen molar-refractivity contribution in [2.24, 2.45) is 4.99 Å². The predicted molar refractivity (Wildman–Crippen MR) is 83.5 cm³/mol. The predicted octanol–water partition coefficient (Wildman–Crippen LogP) is 4.01. The van der Waals surface area contributed by atoms with Gasteiger partial charge in [0.1, 0.15) is 0 Å². The van der Waals surface area contributed by atoms with Crippen LogP contribution in [0.5, 0.6) is 0 Å². The molecule has 2 aromatic rings. The summed E-state index contributed by atoms with van der Waals surface area (Å²) >= 11 is 5.98. The van der Waals surface area contributed by atoms with Crippen LogP contribution in [0.15, 0.2) is 41.4 Å². The number of halogens is 1. The third-order valence-electron chi connectivity index (χ3n) is 3.07. The molecular formula is C15H11ClN2O4. The van der Waals surface area contributed by atoms with E-state index < -0.39 is 10.9 Å². The van der Waals surface area contributed by atoms with Gasteiger partial charge in [-0.25, -0.2) is 4.79 Å². The summed E-state index contributed by atoms with van der Waals surface area (Å²) in [6.07, 6.45) is 1.38. The molecule has 7 heteroatoms. The summed E-state index contributed by atoms with van der Waals surface area (Å²) in [5, 5.41) is 20.2. The molecule has 0 aliphatic rings. The molecule has 0 spiro atoms. The van der Waals surface area contributed by atoms with E-state index in [9.17, 15) is 14.9 Å². The van der Waals surface area contributed by atoms with Gasteiger partial charge in [-0.05, 0) is 30.7 Å². The highest BCUT2D eigenvalue weighted by atomic mass is 35.5. The Morgan fingerprint density at radius 2 is 2.09 bits per heavy atom. The fourth-order valence-corrected chi connectivity index (χ4v) is 2.04. The average Bonchev–Trinajstić information content (AvgIpc) is 2.47. The fraction of sp³-hybridized carbons (Fsp3) is 0.0667. The molecule has 0 heterocycles. The molecule has 112 valence electrons. The zero-order valence-corrected chi connectivity index (χ0v) is 12.2. The number of carboxylic acids is 1. The standard InChI is InChI=1S/C15H11ClN2O4/c1-9-12(15(19)20)3-2-4-14(9)17-8-10-7-11(18(21)22)5-6-13(10)16/h2-8H,1H3,(H,19,20). The molecule has 0 saturated carbocycles. The van der Waals surface area contributed by atoms with Crippen molar-refractivity contribution in [1.82, 2.24) is 0 Å². The van der Waals surface area contributed by atoms with Crippen LogP contribution in [-0.2, 0) is 0 Å². The summed E-state index contributed by atoms with van der Waals surface area (Å²) in [4.78, 5) is 25.5. The summed E-state index contributed by atoms with van der Waals surface area (Å²) in [6, 6.07) is 8.75. The molecule has 6 nitrogen and oxygen atoms in total. The number of hydrogen-bond donors (Lipinski definition) is 1. The lowest BCUT2D eigenvalue weighted by molar-refractivity contribution is -0.384. The maximum absolute atomic E-state index is 11.1. The lowest BCUT2D eigenvalue weighted by atomic mass is 10.1. The summed E-state index contributed by atoms with van der Waals surface area (Å²) in [6.45, 7) is 1.64. The molecular weight excluding hydrogens is 308 g/mol. The van der Waals surface area contributed by atoms with Crippen LogP contribution in [0, 0.1) is 17.0 Å². The zero-order chi connectivity index (χ0) is 16.3. The first-order chi connectivity index (χ1) is 10.4. The fourth-order valence-electron chi connectivity index (χ4n) is 1.88. The first kappa shape index (κ1) is 15.7. The molecule has 0 fully saturated rings. The number of carbonyl (C=O) groups is 1. The second-order valence-corrected chi connectivity index (χ2v) is 4.88. The molecule has 1 N–H and O–H groups in total. The van der Waals surface area contributed by atoms with Crippen LogP contribution in [0.2, 0.25) is 5.02 Å². The molecule has 0 aromatic heterocycles. The van der Waals surface area contributed by atoms with E-state index in [1.165, 1.54) is 30.5 Å². The number of aromatic carboxylic acids is 1. The topological polar surface area (TPSA) is 92.8 Å². The molecule has 0 atom stereocenters. The average molecular weight is 319 g/mol. The lowest BCUT2D eigenvalue weighted by Crippen LogP contribution is -1.99. The Balaban J connectivity index is 2.41. The van der Waals surface area contributed by atoms with Gasteiger partial charge in [-0.15, -0.1) is 0 Å². The summed E-state index contributed by atoms with van der Waals surface area (Å²) in [7, 11) is 0. The van der Waals surface area contributed by atoms with Crippen molar-refractivity contribution >= 4 is 35.2 Å². The number of nitro groups is 1. The summed E-state index contributed by atoms with van der Waals surface area (Å²) < 4.78 is 0. The van der Waals surface area contributed by atoms with Gasteiger partial charge in [-0.2, -0.15) is 0 Å². The van der Waals surface area contributed by atoms with Crippen molar-refractivity contribution in [3.63, 3.8) is 0 Å². The van der Waals surface area contributed by atoms with E-state index in [0.717, 1.165) is 0 Å². The smallest absolute Gasteiger partial charge is 0.336 e. The minimum Gasteiger partial charge on any atom is -0.478 e. The van der Waals surface area contributed by atoms with Crippen LogP contribution in [0.25, 0.3) is 0 Å². The van der Waals surface area contributed by atoms with Crippen molar-refractivity contribution in [3.05, 3.63) is 68.2 Å². The number of nitro benzene ring substituents is 1.